The van der Waals surface area contributed by atoms with Gasteiger partial charge in [0.25, 0.3) is 0 Å². The summed E-state index contributed by atoms with van der Waals surface area (Å²) in [7, 11) is 0. The van der Waals surface area contributed by atoms with Gasteiger partial charge in [0.2, 0.25) is 5.91 Å². The average Bonchev–Trinajstić information content (AvgIpc) is 2.43. The van der Waals surface area contributed by atoms with Crippen LogP contribution in [0.5, 0.6) is 0 Å². The van der Waals surface area contributed by atoms with Gasteiger partial charge in [-0.05, 0) is 24.0 Å². The molecule has 0 saturated carbocycles. The number of carbonyl (C=O) groups excluding carboxylic acids is 1. The molecule has 0 bridgehead atoms. The topological polar surface area (TPSA) is 61.4 Å². The normalized spacial score (nSPS) is 19.5. The van der Waals surface area contributed by atoms with Gasteiger partial charge in [0.1, 0.15) is 0 Å². The molecular weight excluding hydrogens is 240 g/mol. The zero-order chi connectivity index (χ0) is 13.8. The van der Waals surface area contributed by atoms with Crippen molar-refractivity contribution in [3.63, 3.8) is 0 Å². The Bertz CT molecular complexity index is 446. The minimum absolute atomic E-state index is 0.00801. The molecule has 1 aromatic carbocycles. The molecular formula is C15H22N2O2. The highest BCUT2D eigenvalue weighted by molar-refractivity contribution is 5.86. The predicted molar refractivity (Wildman–Crippen MR) is 76.1 cm³/mol. The summed E-state index contributed by atoms with van der Waals surface area (Å²) in [4.78, 5) is 12.2. The molecule has 104 valence electrons. The third-order valence-corrected chi connectivity index (χ3v) is 3.66. The lowest BCUT2D eigenvalue weighted by Gasteiger charge is -2.26. The Morgan fingerprint density at radius 1 is 1.47 bits per heavy atom. The largest absolute Gasteiger partial charge is 0.391 e. The molecule has 2 unspecified atom stereocenters. The summed E-state index contributed by atoms with van der Waals surface area (Å²) in [5.41, 5.74) is 2.09. The van der Waals surface area contributed by atoms with Crippen LogP contribution >= 0.6 is 0 Å². The van der Waals surface area contributed by atoms with E-state index in [0.717, 1.165) is 24.2 Å². The summed E-state index contributed by atoms with van der Waals surface area (Å²) in [5, 5.41) is 15.9. The van der Waals surface area contributed by atoms with Gasteiger partial charge in [-0.15, -0.1) is 0 Å². The molecule has 2 atom stereocenters. The number of carbonyl (C=O) groups is 1. The molecule has 1 aromatic rings. The maximum absolute atomic E-state index is 12.2. The van der Waals surface area contributed by atoms with Gasteiger partial charge in [0, 0.05) is 18.8 Å². The number of aliphatic hydroxyl groups excluding tert-OH is 1. The van der Waals surface area contributed by atoms with Crippen molar-refractivity contribution >= 4 is 11.6 Å². The number of nitrogens with one attached hydrogen (secondary N) is 2. The van der Waals surface area contributed by atoms with E-state index in [-0.39, 0.29) is 17.7 Å². The van der Waals surface area contributed by atoms with Gasteiger partial charge in [-0.1, -0.05) is 32.0 Å². The van der Waals surface area contributed by atoms with Gasteiger partial charge >= 0.3 is 0 Å². The molecule has 0 fully saturated rings. The zero-order valence-corrected chi connectivity index (χ0v) is 11.5. The molecule has 1 aliphatic heterocycles. The smallest absolute Gasteiger partial charge is 0.227 e. The van der Waals surface area contributed by atoms with Crippen molar-refractivity contribution in [2.24, 2.45) is 5.92 Å². The third kappa shape index (κ3) is 3.26. The number of hydrogen-bond acceptors (Lipinski definition) is 3. The van der Waals surface area contributed by atoms with Crippen LogP contribution in [0.1, 0.15) is 31.7 Å². The molecule has 0 saturated heterocycles. The first-order valence-electron chi connectivity index (χ1n) is 6.88. The van der Waals surface area contributed by atoms with Crippen LogP contribution in [0.3, 0.4) is 0 Å². The fourth-order valence-electron chi connectivity index (χ4n) is 2.30. The first-order valence-corrected chi connectivity index (χ1v) is 6.88. The number of anilines is 1. The van der Waals surface area contributed by atoms with Gasteiger partial charge in [0.05, 0.1) is 12.0 Å². The van der Waals surface area contributed by atoms with E-state index in [1.165, 1.54) is 0 Å². The molecule has 4 heteroatoms. The predicted octanol–water partition coefficient (Wildman–Crippen LogP) is 1.72. The Morgan fingerprint density at radius 2 is 2.21 bits per heavy atom. The van der Waals surface area contributed by atoms with Gasteiger partial charge < -0.3 is 15.7 Å². The van der Waals surface area contributed by atoms with Crippen molar-refractivity contribution in [2.75, 3.05) is 18.4 Å². The number of benzene rings is 1. The van der Waals surface area contributed by atoms with Crippen LogP contribution < -0.4 is 10.6 Å². The summed E-state index contributed by atoms with van der Waals surface area (Å²) in [6.45, 7) is 5.01. The summed E-state index contributed by atoms with van der Waals surface area (Å²) in [6.07, 6.45) is 0.307. The monoisotopic (exact) mass is 262 g/mol. The van der Waals surface area contributed by atoms with E-state index >= 15 is 0 Å². The van der Waals surface area contributed by atoms with Crippen molar-refractivity contribution in [3.05, 3.63) is 29.8 Å². The van der Waals surface area contributed by atoms with Crippen molar-refractivity contribution in [1.82, 2.24) is 5.32 Å². The fraction of sp³-hybridized carbons (Fsp3) is 0.533. The zero-order valence-electron chi connectivity index (χ0n) is 11.5. The molecule has 1 heterocycles. The minimum Gasteiger partial charge on any atom is -0.391 e. The van der Waals surface area contributed by atoms with Crippen molar-refractivity contribution < 1.29 is 9.90 Å². The second kappa shape index (κ2) is 6.06. The average molecular weight is 262 g/mol. The van der Waals surface area contributed by atoms with Gasteiger partial charge in [-0.25, -0.2) is 0 Å². The van der Waals surface area contributed by atoms with Crippen molar-refractivity contribution in [3.8, 4) is 0 Å². The number of rotatable bonds is 4. The molecule has 4 nitrogen and oxygen atoms in total. The molecule has 19 heavy (non-hydrogen) atoms. The lowest BCUT2D eigenvalue weighted by Crippen LogP contribution is -2.39. The van der Waals surface area contributed by atoms with E-state index in [1.54, 1.807) is 0 Å². The highest BCUT2D eigenvalue weighted by Gasteiger charge is 2.26. The number of fused-ring (bicyclic) bond motifs is 1. The second-order valence-corrected chi connectivity index (χ2v) is 5.41. The Hall–Kier alpha value is -1.55. The molecule has 3 N–H and O–H groups in total. The molecule has 0 radical (unpaired) electrons. The first-order chi connectivity index (χ1) is 9.09. The van der Waals surface area contributed by atoms with E-state index < -0.39 is 6.10 Å². The molecule has 1 aliphatic rings. The van der Waals surface area contributed by atoms with Crippen LogP contribution in [0.2, 0.25) is 0 Å². The quantitative estimate of drug-likeness (QED) is 0.774. The highest BCUT2D eigenvalue weighted by atomic mass is 16.3. The highest BCUT2D eigenvalue weighted by Crippen LogP contribution is 2.31. The van der Waals surface area contributed by atoms with E-state index in [1.807, 2.05) is 38.1 Å². The molecule has 2 rings (SSSR count). The van der Waals surface area contributed by atoms with E-state index in [9.17, 15) is 9.90 Å². The Balaban J connectivity index is 2.01. The van der Waals surface area contributed by atoms with E-state index in [0.29, 0.717) is 6.54 Å². The fourth-order valence-corrected chi connectivity index (χ4v) is 2.30. The lowest BCUT2D eigenvalue weighted by molar-refractivity contribution is -0.123. The van der Waals surface area contributed by atoms with Crippen LogP contribution in [0.15, 0.2) is 24.3 Å². The maximum Gasteiger partial charge on any atom is 0.227 e. The van der Waals surface area contributed by atoms with Crippen LogP contribution in [0.4, 0.5) is 5.69 Å². The Kier molecular flexibility index (Phi) is 4.43. The van der Waals surface area contributed by atoms with Gasteiger partial charge in [-0.2, -0.15) is 0 Å². The first kappa shape index (κ1) is 13.9. The third-order valence-electron chi connectivity index (χ3n) is 3.66. The number of aliphatic hydroxyl groups is 1. The van der Waals surface area contributed by atoms with Crippen LogP contribution in [0, 0.1) is 5.92 Å². The van der Waals surface area contributed by atoms with Gasteiger partial charge in [0.15, 0.2) is 0 Å². The number of para-hydroxylation sites is 1. The second-order valence-electron chi connectivity index (χ2n) is 5.41. The summed E-state index contributed by atoms with van der Waals surface area (Å²) < 4.78 is 0. The summed E-state index contributed by atoms with van der Waals surface area (Å²) in [5.74, 6) is 0.0473. The van der Waals surface area contributed by atoms with E-state index in [4.69, 9.17) is 0 Å². The lowest BCUT2D eigenvalue weighted by atomic mass is 9.90. The standard InChI is InChI=1S/C15H22N2O2/c1-10(2)14(18)9-17-15(19)12-7-8-16-13-6-4-3-5-11(12)13/h3-6,10,12,14,16,18H,7-9H2,1-2H3,(H,17,19). The Labute approximate surface area is 114 Å². The van der Waals surface area contributed by atoms with Crippen LogP contribution in [0.25, 0.3) is 0 Å². The summed E-state index contributed by atoms with van der Waals surface area (Å²) >= 11 is 0. The van der Waals surface area contributed by atoms with Crippen LogP contribution in [-0.4, -0.2) is 30.2 Å². The van der Waals surface area contributed by atoms with Crippen LogP contribution in [-0.2, 0) is 4.79 Å². The number of amides is 1. The van der Waals surface area contributed by atoms with Crippen molar-refractivity contribution in [2.45, 2.75) is 32.3 Å². The van der Waals surface area contributed by atoms with Gasteiger partial charge in [-0.3, -0.25) is 4.79 Å². The summed E-state index contributed by atoms with van der Waals surface area (Å²) in [6, 6.07) is 7.91. The number of hydrogen-bond donors (Lipinski definition) is 3. The van der Waals surface area contributed by atoms with Crippen molar-refractivity contribution in [1.29, 1.82) is 0 Å². The minimum atomic E-state index is -0.485. The molecule has 0 aromatic heterocycles. The van der Waals surface area contributed by atoms with E-state index in [2.05, 4.69) is 10.6 Å². The SMILES string of the molecule is CC(C)C(O)CNC(=O)C1CCNc2ccccc21. The molecule has 0 aliphatic carbocycles. The Morgan fingerprint density at radius 3 is 2.95 bits per heavy atom. The molecule has 0 spiro atoms. The maximum atomic E-state index is 12.2. The molecule has 1 amide bonds.